The third kappa shape index (κ3) is 6.14. The molecule has 0 spiro atoms. The van der Waals surface area contributed by atoms with Crippen molar-refractivity contribution in [3.63, 3.8) is 0 Å². The summed E-state index contributed by atoms with van der Waals surface area (Å²) in [6, 6.07) is 17.8. The van der Waals surface area contributed by atoms with E-state index < -0.39 is 0 Å². The van der Waals surface area contributed by atoms with E-state index in [4.69, 9.17) is 11.6 Å². The predicted molar refractivity (Wildman–Crippen MR) is 116 cm³/mol. The number of rotatable bonds is 9. The Hall–Kier alpha value is -2.24. The van der Waals surface area contributed by atoms with Gasteiger partial charge in [-0.05, 0) is 61.7 Å². The SMILES string of the molecule is Cc1nn(-c2ccccc2)cc1CCCNC(=O)CCSc1ccc(Cl)cc1. The third-order valence-corrected chi connectivity index (χ3v) is 5.64. The summed E-state index contributed by atoms with van der Waals surface area (Å²) in [5.41, 5.74) is 3.31. The molecule has 3 rings (SSSR count). The van der Waals surface area contributed by atoms with E-state index in [-0.39, 0.29) is 5.91 Å². The molecule has 0 aliphatic rings. The lowest BCUT2D eigenvalue weighted by atomic mass is 10.1. The maximum atomic E-state index is 12.0. The zero-order chi connectivity index (χ0) is 19.8. The first-order chi connectivity index (χ1) is 13.6. The van der Waals surface area contributed by atoms with E-state index in [0.29, 0.717) is 13.0 Å². The fourth-order valence-corrected chi connectivity index (χ4v) is 3.82. The normalized spacial score (nSPS) is 10.8. The molecule has 0 unspecified atom stereocenters. The smallest absolute Gasteiger partial charge is 0.220 e. The Morgan fingerprint density at radius 2 is 1.89 bits per heavy atom. The van der Waals surface area contributed by atoms with Crippen molar-refractivity contribution >= 4 is 29.3 Å². The van der Waals surface area contributed by atoms with Crippen LogP contribution in [0.4, 0.5) is 0 Å². The van der Waals surface area contributed by atoms with Crippen molar-refractivity contribution in [2.24, 2.45) is 0 Å². The van der Waals surface area contributed by atoms with Crippen molar-refractivity contribution in [3.8, 4) is 5.69 Å². The summed E-state index contributed by atoms with van der Waals surface area (Å²) in [7, 11) is 0. The summed E-state index contributed by atoms with van der Waals surface area (Å²) in [4.78, 5) is 13.1. The van der Waals surface area contributed by atoms with Crippen LogP contribution in [-0.2, 0) is 11.2 Å². The topological polar surface area (TPSA) is 46.9 Å². The Morgan fingerprint density at radius 1 is 1.14 bits per heavy atom. The maximum absolute atomic E-state index is 12.0. The number of amides is 1. The third-order valence-electron chi connectivity index (χ3n) is 4.38. The summed E-state index contributed by atoms with van der Waals surface area (Å²) < 4.78 is 1.91. The molecule has 0 saturated heterocycles. The highest BCUT2D eigenvalue weighted by atomic mass is 35.5. The molecule has 146 valence electrons. The molecule has 0 saturated carbocycles. The quantitative estimate of drug-likeness (QED) is 0.393. The predicted octanol–water partition coefficient (Wildman–Crippen LogP) is 5.07. The Labute approximate surface area is 175 Å². The van der Waals surface area contributed by atoms with Gasteiger partial charge in [-0.25, -0.2) is 4.68 Å². The van der Waals surface area contributed by atoms with E-state index in [9.17, 15) is 4.79 Å². The van der Waals surface area contributed by atoms with Crippen LogP contribution >= 0.6 is 23.4 Å². The van der Waals surface area contributed by atoms with Crippen molar-refractivity contribution in [1.29, 1.82) is 0 Å². The second-order valence-electron chi connectivity index (χ2n) is 6.53. The number of benzene rings is 2. The van der Waals surface area contributed by atoms with Crippen LogP contribution in [0.3, 0.4) is 0 Å². The number of nitrogens with zero attached hydrogens (tertiary/aromatic N) is 2. The molecule has 2 aromatic carbocycles. The first-order valence-electron chi connectivity index (χ1n) is 9.37. The molecular weight excluding hydrogens is 390 g/mol. The lowest BCUT2D eigenvalue weighted by molar-refractivity contribution is -0.120. The second kappa shape index (κ2) is 10.3. The average molecular weight is 414 g/mol. The van der Waals surface area contributed by atoms with Crippen LogP contribution in [0.5, 0.6) is 0 Å². The van der Waals surface area contributed by atoms with E-state index >= 15 is 0 Å². The summed E-state index contributed by atoms with van der Waals surface area (Å²) in [6.07, 6.45) is 4.39. The van der Waals surface area contributed by atoms with Crippen LogP contribution in [0.2, 0.25) is 5.02 Å². The largest absolute Gasteiger partial charge is 0.356 e. The molecular formula is C22H24ClN3OS. The molecule has 28 heavy (non-hydrogen) atoms. The molecule has 1 N–H and O–H groups in total. The minimum absolute atomic E-state index is 0.0955. The highest BCUT2D eigenvalue weighted by Gasteiger charge is 2.07. The van der Waals surface area contributed by atoms with Crippen molar-refractivity contribution in [2.45, 2.75) is 31.1 Å². The Bertz CT molecular complexity index is 894. The van der Waals surface area contributed by atoms with E-state index in [0.717, 1.165) is 39.9 Å². The van der Waals surface area contributed by atoms with Crippen LogP contribution < -0.4 is 5.32 Å². The highest BCUT2D eigenvalue weighted by molar-refractivity contribution is 7.99. The number of carbonyl (C=O) groups is 1. The van der Waals surface area contributed by atoms with Gasteiger partial charge in [-0.3, -0.25) is 4.79 Å². The van der Waals surface area contributed by atoms with E-state index in [1.165, 1.54) is 5.56 Å². The van der Waals surface area contributed by atoms with E-state index in [1.54, 1.807) is 11.8 Å². The minimum atomic E-state index is 0.0955. The Morgan fingerprint density at radius 3 is 2.64 bits per heavy atom. The number of halogens is 1. The molecule has 0 radical (unpaired) electrons. The van der Waals surface area contributed by atoms with Crippen LogP contribution in [0, 0.1) is 6.92 Å². The maximum Gasteiger partial charge on any atom is 0.220 e. The van der Waals surface area contributed by atoms with Gasteiger partial charge in [-0.15, -0.1) is 11.8 Å². The molecule has 1 aromatic heterocycles. The van der Waals surface area contributed by atoms with Crippen LogP contribution in [0.1, 0.15) is 24.1 Å². The molecule has 4 nitrogen and oxygen atoms in total. The molecule has 0 aliphatic heterocycles. The summed E-state index contributed by atoms with van der Waals surface area (Å²) in [5.74, 6) is 0.856. The molecule has 1 amide bonds. The first kappa shape index (κ1) is 20.5. The zero-order valence-corrected chi connectivity index (χ0v) is 17.5. The fraction of sp³-hybridized carbons (Fsp3) is 0.273. The molecule has 0 aliphatic carbocycles. The molecule has 0 atom stereocenters. The van der Waals surface area contributed by atoms with Crippen molar-refractivity contribution < 1.29 is 4.79 Å². The molecule has 1 heterocycles. The molecule has 3 aromatic rings. The number of thioether (sulfide) groups is 1. The Balaban J connectivity index is 1.36. The van der Waals surface area contributed by atoms with Gasteiger partial charge in [0.2, 0.25) is 5.91 Å². The van der Waals surface area contributed by atoms with E-state index in [2.05, 4.69) is 16.6 Å². The summed E-state index contributed by atoms with van der Waals surface area (Å²) in [5, 5.41) is 8.32. The Kier molecular flexibility index (Phi) is 7.57. The van der Waals surface area contributed by atoms with Crippen molar-refractivity contribution in [2.75, 3.05) is 12.3 Å². The average Bonchev–Trinajstić information content (AvgIpc) is 3.08. The van der Waals surface area contributed by atoms with Crippen LogP contribution in [-0.4, -0.2) is 28.0 Å². The monoisotopic (exact) mass is 413 g/mol. The van der Waals surface area contributed by atoms with Gasteiger partial charge in [0.05, 0.1) is 11.4 Å². The number of para-hydroxylation sites is 1. The first-order valence-corrected chi connectivity index (χ1v) is 10.7. The minimum Gasteiger partial charge on any atom is -0.356 e. The van der Waals surface area contributed by atoms with Gasteiger partial charge < -0.3 is 5.32 Å². The van der Waals surface area contributed by atoms with Gasteiger partial charge in [0.15, 0.2) is 0 Å². The van der Waals surface area contributed by atoms with E-state index in [1.807, 2.05) is 66.2 Å². The van der Waals surface area contributed by atoms with Gasteiger partial charge in [-0.1, -0.05) is 29.8 Å². The second-order valence-corrected chi connectivity index (χ2v) is 8.13. The lowest BCUT2D eigenvalue weighted by Gasteiger charge is -2.05. The number of hydrogen-bond acceptors (Lipinski definition) is 3. The van der Waals surface area contributed by atoms with Gasteiger partial charge in [0, 0.05) is 34.8 Å². The standard InChI is InChI=1S/C22H24ClN3OS/c1-17-18(16-26(25-17)20-7-3-2-4-8-20)6-5-14-24-22(27)13-15-28-21-11-9-19(23)10-12-21/h2-4,7-12,16H,5-6,13-15H2,1H3,(H,24,27). The van der Waals surface area contributed by atoms with Crippen LogP contribution in [0.25, 0.3) is 5.69 Å². The van der Waals surface area contributed by atoms with Crippen LogP contribution in [0.15, 0.2) is 65.7 Å². The lowest BCUT2D eigenvalue weighted by Crippen LogP contribution is -2.25. The fourth-order valence-electron chi connectivity index (χ4n) is 2.84. The number of nitrogens with one attached hydrogen (secondary N) is 1. The molecule has 0 fully saturated rings. The highest BCUT2D eigenvalue weighted by Crippen LogP contribution is 2.20. The van der Waals surface area contributed by atoms with Crippen molar-refractivity contribution in [3.05, 3.63) is 77.1 Å². The van der Waals surface area contributed by atoms with Gasteiger partial charge in [-0.2, -0.15) is 5.10 Å². The number of aryl methyl sites for hydroxylation is 2. The van der Waals surface area contributed by atoms with Gasteiger partial charge in [0.1, 0.15) is 0 Å². The number of hydrogen-bond donors (Lipinski definition) is 1. The van der Waals surface area contributed by atoms with Crippen molar-refractivity contribution in [1.82, 2.24) is 15.1 Å². The summed E-state index contributed by atoms with van der Waals surface area (Å²) >= 11 is 7.54. The summed E-state index contributed by atoms with van der Waals surface area (Å²) in [6.45, 7) is 2.71. The number of aromatic nitrogens is 2. The zero-order valence-electron chi connectivity index (χ0n) is 15.9. The molecule has 6 heteroatoms. The van der Waals surface area contributed by atoms with Gasteiger partial charge in [0.25, 0.3) is 0 Å². The molecule has 0 bridgehead atoms. The number of carbonyl (C=O) groups excluding carboxylic acids is 1. The van der Waals surface area contributed by atoms with Gasteiger partial charge >= 0.3 is 0 Å².